The fourth-order valence-electron chi connectivity index (χ4n) is 1.64. The molecular weight excluding hydrogens is 221 g/mol. The number of ether oxygens (including phenoxy) is 1. The number of carbonyl (C=O) groups is 1. The van der Waals surface area contributed by atoms with Crippen LogP contribution in [0.4, 0.5) is 4.39 Å². The van der Waals surface area contributed by atoms with Crippen molar-refractivity contribution in [3.63, 3.8) is 0 Å². The van der Waals surface area contributed by atoms with Gasteiger partial charge in [0, 0.05) is 12.0 Å². The highest BCUT2D eigenvalue weighted by Crippen LogP contribution is 2.20. The molecule has 1 aromatic carbocycles. The molecule has 0 amide bonds. The Bertz CT molecular complexity index is 393. The molecule has 4 heteroatoms. The fraction of sp³-hybridized carbons (Fsp3) is 0.462. The number of Topliss-reactive ketones (excluding diaryl/α,β-unsaturated/α-hetero) is 1. The molecule has 0 heterocycles. The lowest BCUT2D eigenvalue weighted by molar-refractivity contribution is 0.0919. The molecule has 0 spiro atoms. The standard InChI is InChI=1S/C13H18FNO2/c1-9(4-3-7-15)13(16)11-6-5-10(17-2)8-12(11)14/h5-6,8-9H,3-4,7,15H2,1-2H3. The number of ketones is 1. The molecule has 1 atom stereocenters. The Hall–Kier alpha value is -1.42. The molecule has 0 saturated carbocycles. The summed E-state index contributed by atoms with van der Waals surface area (Å²) in [6, 6.07) is 4.28. The lowest BCUT2D eigenvalue weighted by atomic mass is 9.94. The second kappa shape index (κ2) is 6.35. The predicted molar refractivity (Wildman–Crippen MR) is 64.7 cm³/mol. The third-order valence-electron chi connectivity index (χ3n) is 2.73. The Balaban J connectivity index is 2.81. The summed E-state index contributed by atoms with van der Waals surface area (Å²) in [5, 5.41) is 0. The minimum Gasteiger partial charge on any atom is -0.497 e. The Morgan fingerprint density at radius 2 is 2.24 bits per heavy atom. The molecule has 1 unspecified atom stereocenters. The van der Waals surface area contributed by atoms with Crippen LogP contribution in [-0.4, -0.2) is 19.4 Å². The maximum atomic E-state index is 13.6. The van der Waals surface area contributed by atoms with E-state index >= 15 is 0 Å². The van der Waals surface area contributed by atoms with Gasteiger partial charge in [-0.15, -0.1) is 0 Å². The number of benzene rings is 1. The van der Waals surface area contributed by atoms with Crippen molar-refractivity contribution in [2.75, 3.05) is 13.7 Å². The minimum atomic E-state index is -0.533. The highest BCUT2D eigenvalue weighted by Gasteiger charge is 2.18. The molecule has 0 aliphatic heterocycles. The van der Waals surface area contributed by atoms with Crippen molar-refractivity contribution in [2.45, 2.75) is 19.8 Å². The van der Waals surface area contributed by atoms with E-state index in [0.29, 0.717) is 18.7 Å². The van der Waals surface area contributed by atoms with Gasteiger partial charge in [-0.25, -0.2) is 4.39 Å². The summed E-state index contributed by atoms with van der Waals surface area (Å²) in [7, 11) is 1.46. The van der Waals surface area contributed by atoms with Crippen LogP contribution in [0.2, 0.25) is 0 Å². The van der Waals surface area contributed by atoms with Gasteiger partial charge < -0.3 is 10.5 Å². The monoisotopic (exact) mass is 239 g/mol. The quantitative estimate of drug-likeness (QED) is 0.775. The first-order valence-corrected chi connectivity index (χ1v) is 5.68. The topological polar surface area (TPSA) is 52.3 Å². The van der Waals surface area contributed by atoms with Gasteiger partial charge in [-0.3, -0.25) is 4.79 Å². The largest absolute Gasteiger partial charge is 0.497 e. The fourth-order valence-corrected chi connectivity index (χ4v) is 1.64. The van der Waals surface area contributed by atoms with Gasteiger partial charge in [0.25, 0.3) is 0 Å². The average Bonchev–Trinajstić information content (AvgIpc) is 2.34. The average molecular weight is 239 g/mol. The van der Waals surface area contributed by atoms with Gasteiger partial charge in [0.2, 0.25) is 0 Å². The van der Waals surface area contributed by atoms with Crippen LogP contribution in [0, 0.1) is 11.7 Å². The molecule has 0 bridgehead atoms. The third-order valence-corrected chi connectivity index (χ3v) is 2.73. The summed E-state index contributed by atoms with van der Waals surface area (Å²) in [5.74, 6) is -0.511. The van der Waals surface area contributed by atoms with Crippen LogP contribution < -0.4 is 10.5 Å². The van der Waals surface area contributed by atoms with Crippen molar-refractivity contribution >= 4 is 5.78 Å². The van der Waals surface area contributed by atoms with E-state index in [2.05, 4.69) is 0 Å². The van der Waals surface area contributed by atoms with Gasteiger partial charge in [0.15, 0.2) is 5.78 Å². The number of nitrogens with two attached hydrogens (primary N) is 1. The Kier molecular flexibility index (Phi) is 5.10. The van der Waals surface area contributed by atoms with E-state index in [1.165, 1.54) is 19.2 Å². The molecule has 3 nitrogen and oxygen atoms in total. The van der Waals surface area contributed by atoms with Crippen LogP contribution >= 0.6 is 0 Å². The summed E-state index contributed by atoms with van der Waals surface area (Å²) >= 11 is 0. The summed E-state index contributed by atoms with van der Waals surface area (Å²) in [5.41, 5.74) is 5.50. The molecular formula is C13H18FNO2. The van der Waals surface area contributed by atoms with E-state index in [1.807, 2.05) is 0 Å². The van der Waals surface area contributed by atoms with E-state index in [4.69, 9.17) is 10.5 Å². The summed E-state index contributed by atoms with van der Waals surface area (Å²) in [6.07, 6.45) is 1.45. The van der Waals surface area contributed by atoms with Gasteiger partial charge in [0.1, 0.15) is 11.6 Å². The number of methoxy groups -OCH3 is 1. The van der Waals surface area contributed by atoms with Crippen molar-refractivity contribution in [1.82, 2.24) is 0 Å². The maximum Gasteiger partial charge on any atom is 0.168 e. The second-order valence-corrected chi connectivity index (χ2v) is 4.04. The molecule has 0 aliphatic carbocycles. The number of halogens is 1. The Morgan fingerprint density at radius 1 is 1.53 bits per heavy atom. The third kappa shape index (κ3) is 3.53. The minimum absolute atomic E-state index is 0.121. The Morgan fingerprint density at radius 3 is 2.76 bits per heavy atom. The van der Waals surface area contributed by atoms with Crippen molar-refractivity contribution in [1.29, 1.82) is 0 Å². The van der Waals surface area contributed by atoms with Crippen LogP contribution in [0.5, 0.6) is 5.75 Å². The first-order chi connectivity index (χ1) is 8.10. The smallest absolute Gasteiger partial charge is 0.168 e. The molecule has 0 aliphatic rings. The lowest BCUT2D eigenvalue weighted by Gasteiger charge is -2.11. The molecule has 17 heavy (non-hydrogen) atoms. The molecule has 1 rings (SSSR count). The van der Waals surface area contributed by atoms with E-state index in [-0.39, 0.29) is 17.3 Å². The van der Waals surface area contributed by atoms with Crippen molar-refractivity contribution in [2.24, 2.45) is 11.7 Å². The molecule has 0 radical (unpaired) electrons. The SMILES string of the molecule is COc1ccc(C(=O)C(C)CCCN)c(F)c1. The number of hydrogen-bond donors (Lipinski definition) is 1. The zero-order valence-corrected chi connectivity index (χ0v) is 10.2. The number of hydrogen-bond acceptors (Lipinski definition) is 3. The highest BCUT2D eigenvalue weighted by molar-refractivity contribution is 5.98. The van der Waals surface area contributed by atoms with Crippen LogP contribution in [0.3, 0.4) is 0 Å². The van der Waals surface area contributed by atoms with Gasteiger partial charge in [0.05, 0.1) is 12.7 Å². The number of carbonyl (C=O) groups excluding carboxylic acids is 1. The summed E-state index contributed by atoms with van der Waals surface area (Å²) < 4.78 is 18.5. The molecule has 94 valence electrons. The first-order valence-electron chi connectivity index (χ1n) is 5.68. The lowest BCUT2D eigenvalue weighted by Crippen LogP contribution is -2.14. The van der Waals surface area contributed by atoms with Crippen molar-refractivity contribution in [3.8, 4) is 5.75 Å². The van der Waals surface area contributed by atoms with Crippen LogP contribution in [0.1, 0.15) is 30.1 Å². The highest BCUT2D eigenvalue weighted by atomic mass is 19.1. The first kappa shape index (κ1) is 13.6. The van der Waals surface area contributed by atoms with Crippen molar-refractivity contribution in [3.05, 3.63) is 29.6 Å². The van der Waals surface area contributed by atoms with E-state index in [0.717, 1.165) is 6.42 Å². The van der Waals surface area contributed by atoms with E-state index in [1.54, 1.807) is 13.0 Å². The predicted octanol–water partition coefficient (Wildman–Crippen LogP) is 2.39. The normalized spacial score (nSPS) is 12.2. The van der Waals surface area contributed by atoms with Gasteiger partial charge in [-0.1, -0.05) is 6.92 Å². The van der Waals surface area contributed by atoms with E-state index in [9.17, 15) is 9.18 Å². The summed E-state index contributed by atoms with van der Waals surface area (Å²) in [6.45, 7) is 2.34. The van der Waals surface area contributed by atoms with E-state index < -0.39 is 5.82 Å². The molecule has 0 fully saturated rings. The molecule has 0 aromatic heterocycles. The van der Waals surface area contributed by atoms with Gasteiger partial charge >= 0.3 is 0 Å². The van der Waals surface area contributed by atoms with Crippen molar-refractivity contribution < 1.29 is 13.9 Å². The van der Waals surface area contributed by atoms with Gasteiger partial charge in [-0.05, 0) is 31.5 Å². The van der Waals surface area contributed by atoms with Gasteiger partial charge in [-0.2, -0.15) is 0 Å². The van der Waals surface area contributed by atoms with Crippen LogP contribution in [-0.2, 0) is 0 Å². The Labute approximate surface area is 101 Å². The molecule has 0 saturated heterocycles. The maximum absolute atomic E-state index is 13.6. The van der Waals surface area contributed by atoms with Crippen LogP contribution in [0.25, 0.3) is 0 Å². The second-order valence-electron chi connectivity index (χ2n) is 4.04. The summed E-state index contributed by atoms with van der Waals surface area (Å²) in [4.78, 5) is 11.9. The zero-order chi connectivity index (χ0) is 12.8. The van der Waals surface area contributed by atoms with Crippen LogP contribution in [0.15, 0.2) is 18.2 Å². The molecule has 1 aromatic rings. The molecule has 2 N–H and O–H groups in total. The zero-order valence-electron chi connectivity index (χ0n) is 10.2. The number of rotatable bonds is 6.